The van der Waals surface area contributed by atoms with Crippen molar-refractivity contribution < 1.29 is 19.1 Å². The van der Waals surface area contributed by atoms with Crippen LogP contribution in [0.1, 0.15) is 121 Å². The molecule has 2 unspecified atom stereocenters. The minimum atomic E-state index is -0.193. The minimum absolute atomic E-state index is 0.00449. The fourth-order valence-electron chi connectivity index (χ4n) is 11.6. The molecule has 0 spiro atoms. The van der Waals surface area contributed by atoms with Crippen molar-refractivity contribution in [2.24, 2.45) is 56.7 Å². The first-order chi connectivity index (χ1) is 17.5. The Hall–Kier alpha value is -1.32. The standard InChI is InChI=1S/C34H54O4/c1-20-11-14-31(7)17-18-33(9)24(28(31)21(20)2)19-25(37-22(3)35)29-32(8)15-13-27(38-23(4)36)30(5,6)26(32)12-16-34(29,33)10/h19-21,25-29H,11-18H2,1-10H3/t20-,21+,25?,26+,27?,28+,29-,31-,32+,33-,34-/m1/s1. The summed E-state index contributed by atoms with van der Waals surface area (Å²) in [6, 6.07) is 0. The van der Waals surface area contributed by atoms with Crippen LogP contribution in [-0.2, 0) is 19.1 Å². The van der Waals surface area contributed by atoms with Crippen molar-refractivity contribution in [2.75, 3.05) is 0 Å². The van der Waals surface area contributed by atoms with Gasteiger partial charge in [0.2, 0.25) is 0 Å². The van der Waals surface area contributed by atoms with E-state index in [1.54, 1.807) is 12.5 Å². The minimum Gasteiger partial charge on any atom is -0.462 e. The van der Waals surface area contributed by atoms with E-state index in [9.17, 15) is 9.59 Å². The zero-order chi connectivity index (χ0) is 28.1. The van der Waals surface area contributed by atoms with Gasteiger partial charge in [-0.05, 0) is 103 Å². The maximum absolute atomic E-state index is 12.6. The monoisotopic (exact) mass is 526 g/mol. The van der Waals surface area contributed by atoms with Crippen LogP contribution in [-0.4, -0.2) is 24.1 Å². The normalized spacial score (nSPS) is 51.3. The van der Waals surface area contributed by atoms with E-state index in [2.05, 4.69) is 61.5 Å². The summed E-state index contributed by atoms with van der Waals surface area (Å²) in [6.45, 7) is 22.9. The third-order valence-corrected chi connectivity index (χ3v) is 13.9. The van der Waals surface area contributed by atoms with Gasteiger partial charge in [-0.15, -0.1) is 0 Å². The van der Waals surface area contributed by atoms with E-state index < -0.39 is 0 Å². The molecule has 5 aliphatic carbocycles. The lowest BCUT2D eigenvalue weighted by molar-refractivity contribution is -0.234. The number of hydrogen-bond acceptors (Lipinski definition) is 4. The van der Waals surface area contributed by atoms with E-state index in [4.69, 9.17) is 9.47 Å². The molecule has 0 N–H and O–H groups in total. The molecule has 0 aromatic heterocycles. The van der Waals surface area contributed by atoms with Crippen LogP contribution in [0.3, 0.4) is 0 Å². The Kier molecular flexibility index (Phi) is 6.56. The number of hydrogen-bond donors (Lipinski definition) is 0. The highest BCUT2D eigenvalue weighted by molar-refractivity contribution is 5.67. The second kappa shape index (κ2) is 8.84. The summed E-state index contributed by atoms with van der Waals surface area (Å²) in [5.74, 6) is 2.24. The highest BCUT2D eigenvalue weighted by Gasteiger charge is 2.70. The van der Waals surface area contributed by atoms with Crippen LogP contribution in [0.25, 0.3) is 0 Å². The Morgan fingerprint density at radius 2 is 1.47 bits per heavy atom. The molecule has 4 saturated carbocycles. The smallest absolute Gasteiger partial charge is 0.303 e. The van der Waals surface area contributed by atoms with Gasteiger partial charge in [-0.3, -0.25) is 9.59 Å². The number of esters is 2. The summed E-state index contributed by atoms with van der Waals surface area (Å²) in [6.07, 6.45) is 11.5. The first-order valence-electron chi connectivity index (χ1n) is 15.6. The fraction of sp³-hybridized carbons (Fsp3) is 0.882. The quantitative estimate of drug-likeness (QED) is 0.269. The Morgan fingerprint density at radius 1 is 0.816 bits per heavy atom. The van der Waals surface area contributed by atoms with Gasteiger partial charge in [-0.2, -0.15) is 0 Å². The van der Waals surface area contributed by atoms with Gasteiger partial charge >= 0.3 is 11.9 Å². The number of allylic oxidation sites excluding steroid dienone is 1. The average Bonchev–Trinajstić information content (AvgIpc) is 2.79. The Labute approximate surface area is 232 Å². The van der Waals surface area contributed by atoms with Crippen molar-refractivity contribution in [1.82, 2.24) is 0 Å². The van der Waals surface area contributed by atoms with Gasteiger partial charge in [0.25, 0.3) is 0 Å². The number of rotatable bonds is 2. The third kappa shape index (κ3) is 3.73. The second-order valence-corrected chi connectivity index (χ2v) is 16.0. The van der Waals surface area contributed by atoms with Crippen molar-refractivity contribution >= 4 is 11.9 Å². The molecule has 0 heterocycles. The molecule has 5 aliphatic rings. The van der Waals surface area contributed by atoms with Crippen molar-refractivity contribution in [1.29, 1.82) is 0 Å². The van der Waals surface area contributed by atoms with Crippen molar-refractivity contribution in [2.45, 2.75) is 133 Å². The van der Waals surface area contributed by atoms with Gasteiger partial charge in [-0.1, -0.05) is 61.0 Å². The Bertz CT molecular complexity index is 1030. The number of carbonyl (C=O) groups excluding carboxylic acids is 2. The zero-order valence-electron chi connectivity index (χ0n) is 25.9. The zero-order valence-corrected chi connectivity index (χ0v) is 25.9. The highest BCUT2D eigenvalue weighted by atomic mass is 16.5. The van der Waals surface area contributed by atoms with E-state index in [1.165, 1.54) is 32.6 Å². The van der Waals surface area contributed by atoms with Gasteiger partial charge in [0.1, 0.15) is 12.2 Å². The third-order valence-electron chi connectivity index (χ3n) is 13.9. The summed E-state index contributed by atoms with van der Waals surface area (Å²) in [5.41, 5.74) is 2.00. The van der Waals surface area contributed by atoms with Gasteiger partial charge in [0.15, 0.2) is 0 Å². The predicted octanol–water partition coefficient (Wildman–Crippen LogP) is 8.14. The molecule has 4 heteroatoms. The van der Waals surface area contributed by atoms with Crippen LogP contribution in [0.15, 0.2) is 11.6 Å². The molecular formula is C34H54O4. The first kappa shape index (κ1) is 28.2. The second-order valence-electron chi connectivity index (χ2n) is 16.0. The van der Waals surface area contributed by atoms with Crippen LogP contribution >= 0.6 is 0 Å². The molecule has 0 radical (unpaired) electrons. The van der Waals surface area contributed by atoms with Crippen molar-refractivity contribution in [3.8, 4) is 0 Å². The van der Waals surface area contributed by atoms with Gasteiger partial charge in [0, 0.05) is 25.2 Å². The molecule has 11 atom stereocenters. The molecule has 5 rings (SSSR count). The molecule has 0 aliphatic heterocycles. The highest BCUT2D eigenvalue weighted by Crippen LogP contribution is 2.76. The van der Waals surface area contributed by atoms with Crippen molar-refractivity contribution in [3.63, 3.8) is 0 Å². The fourth-order valence-corrected chi connectivity index (χ4v) is 11.6. The molecular weight excluding hydrogens is 472 g/mol. The average molecular weight is 527 g/mol. The van der Waals surface area contributed by atoms with Crippen LogP contribution in [0.4, 0.5) is 0 Å². The molecule has 0 bridgehead atoms. The summed E-state index contributed by atoms with van der Waals surface area (Å²) >= 11 is 0. The summed E-state index contributed by atoms with van der Waals surface area (Å²) in [5, 5.41) is 0. The number of ether oxygens (including phenoxy) is 2. The Morgan fingerprint density at radius 3 is 2.11 bits per heavy atom. The van der Waals surface area contributed by atoms with Gasteiger partial charge in [0.05, 0.1) is 0 Å². The van der Waals surface area contributed by atoms with E-state index in [0.29, 0.717) is 23.2 Å². The molecule has 4 nitrogen and oxygen atoms in total. The van der Waals surface area contributed by atoms with Gasteiger partial charge < -0.3 is 9.47 Å². The maximum Gasteiger partial charge on any atom is 0.303 e. The van der Waals surface area contributed by atoms with Crippen LogP contribution in [0.2, 0.25) is 0 Å². The van der Waals surface area contributed by atoms with Crippen molar-refractivity contribution in [3.05, 3.63) is 11.6 Å². The van der Waals surface area contributed by atoms with Crippen LogP contribution in [0, 0.1) is 56.7 Å². The van der Waals surface area contributed by atoms with Crippen LogP contribution in [0.5, 0.6) is 0 Å². The number of carbonyl (C=O) groups is 2. The van der Waals surface area contributed by atoms with E-state index in [0.717, 1.165) is 31.6 Å². The topological polar surface area (TPSA) is 52.6 Å². The summed E-state index contributed by atoms with van der Waals surface area (Å²) in [7, 11) is 0. The largest absolute Gasteiger partial charge is 0.462 e. The molecule has 0 amide bonds. The molecule has 38 heavy (non-hydrogen) atoms. The van der Waals surface area contributed by atoms with Crippen LogP contribution < -0.4 is 0 Å². The lowest BCUT2D eigenvalue weighted by Crippen LogP contribution is -2.68. The van der Waals surface area contributed by atoms with Gasteiger partial charge in [-0.25, -0.2) is 0 Å². The van der Waals surface area contributed by atoms with E-state index >= 15 is 0 Å². The lowest BCUT2D eigenvalue weighted by atomic mass is 9.33. The Balaban J connectivity index is 1.65. The molecule has 0 aromatic rings. The summed E-state index contributed by atoms with van der Waals surface area (Å²) in [4.78, 5) is 24.6. The molecule has 214 valence electrons. The SMILES string of the molecule is CC(=O)OC1C=C2[C@@H]3[C@@H](C)[C@H](C)CC[C@]3(C)CC[C@@]2(C)[C@]2(C)CC[C@H]3C(C)(C)C(OC(C)=O)CC[C@]3(C)[C@@H]12. The predicted molar refractivity (Wildman–Crippen MR) is 151 cm³/mol. The first-order valence-corrected chi connectivity index (χ1v) is 15.6. The number of fused-ring (bicyclic) bond motifs is 7. The lowest BCUT2D eigenvalue weighted by Gasteiger charge is -2.72. The maximum atomic E-state index is 12.6. The summed E-state index contributed by atoms with van der Waals surface area (Å²) < 4.78 is 12.3. The molecule has 0 aromatic carbocycles. The molecule has 4 fully saturated rings. The molecule has 0 saturated heterocycles. The van der Waals surface area contributed by atoms with E-state index in [1.807, 2.05) is 0 Å². The van der Waals surface area contributed by atoms with E-state index in [-0.39, 0.29) is 51.7 Å².